The molecule has 1 saturated heterocycles. The highest BCUT2D eigenvalue weighted by Gasteiger charge is 2.54. The van der Waals surface area contributed by atoms with Crippen molar-refractivity contribution in [1.29, 1.82) is 0 Å². The van der Waals surface area contributed by atoms with Crippen molar-refractivity contribution in [3.05, 3.63) is 66.1 Å². The Bertz CT molecular complexity index is 1220. The van der Waals surface area contributed by atoms with Crippen molar-refractivity contribution < 1.29 is 27.4 Å². The minimum Gasteiger partial charge on any atom is -0.472 e. The molecule has 188 valence electrons. The van der Waals surface area contributed by atoms with Crippen LogP contribution in [0.25, 0.3) is 11.4 Å². The quantitative estimate of drug-likeness (QED) is 0.432. The topological polar surface area (TPSA) is 77.4 Å². The van der Waals surface area contributed by atoms with Crippen LogP contribution in [0.15, 0.2) is 55.0 Å². The van der Waals surface area contributed by atoms with E-state index in [4.69, 9.17) is 9.47 Å². The molecule has 1 aromatic carbocycles. The van der Waals surface area contributed by atoms with E-state index in [0.717, 1.165) is 30.7 Å². The molecule has 2 aliphatic rings. The molecule has 7 nitrogen and oxygen atoms in total. The lowest BCUT2D eigenvalue weighted by molar-refractivity contribution is -0.137. The number of hydrogen-bond donors (Lipinski definition) is 0. The second-order valence-electron chi connectivity index (χ2n) is 9.11. The fraction of sp³-hybridized carbons (Fsp3) is 0.385. The van der Waals surface area contributed by atoms with E-state index < -0.39 is 11.7 Å². The van der Waals surface area contributed by atoms with Crippen LogP contribution in [0, 0.1) is 5.92 Å². The predicted molar refractivity (Wildman–Crippen MR) is 126 cm³/mol. The summed E-state index contributed by atoms with van der Waals surface area (Å²) >= 11 is 0. The summed E-state index contributed by atoms with van der Waals surface area (Å²) in [4.78, 5) is 27.1. The molecule has 5 atom stereocenters. The second-order valence-corrected chi connectivity index (χ2v) is 9.11. The Labute approximate surface area is 206 Å². The van der Waals surface area contributed by atoms with E-state index in [1.54, 1.807) is 25.6 Å². The minimum atomic E-state index is -4.46. The molecule has 2 aromatic heterocycles. The van der Waals surface area contributed by atoms with Crippen molar-refractivity contribution >= 4 is 12.0 Å². The maximum absolute atomic E-state index is 12.9. The molecule has 0 amide bonds. The normalized spacial score (nSPS) is 24.1. The van der Waals surface area contributed by atoms with E-state index in [0.29, 0.717) is 23.4 Å². The lowest BCUT2D eigenvalue weighted by Crippen LogP contribution is -2.54. The average Bonchev–Trinajstić information content (AvgIpc) is 3.46. The van der Waals surface area contributed by atoms with Gasteiger partial charge in [-0.1, -0.05) is 12.1 Å². The maximum atomic E-state index is 12.9. The van der Waals surface area contributed by atoms with E-state index in [1.807, 2.05) is 25.1 Å². The standard InChI is InChI=1S/C26H25F3N4O3/c1-15(35-2)24-16-11-21(22(12-16)36-23-8-7-17(13-32-23)26(27,28)29)33(24)20-6-3-5-18(19(20)14-34)25-30-9-4-10-31-25/h3-10,13-16,21-22,24H,11-12H2,1-2H3/t15?,16-,21+,22-,24-/m1/s1. The number of carbonyl (C=O) groups is 1. The van der Waals surface area contributed by atoms with Crippen molar-refractivity contribution in [2.45, 2.75) is 50.2 Å². The Balaban J connectivity index is 1.49. The highest BCUT2D eigenvalue weighted by Crippen LogP contribution is 2.49. The molecule has 10 heteroatoms. The molecular formula is C26H25F3N4O3. The number of benzene rings is 1. The highest BCUT2D eigenvalue weighted by molar-refractivity contribution is 5.94. The molecule has 36 heavy (non-hydrogen) atoms. The Kier molecular flexibility index (Phi) is 6.38. The van der Waals surface area contributed by atoms with E-state index >= 15 is 0 Å². The van der Waals surface area contributed by atoms with Crippen LogP contribution in [0.5, 0.6) is 5.88 Å². The van der Waals surface area contributed by atoms with Gasteiger partial charge in [-0.15, -0.1) is 0 Å². The first-order valence-electron chi connectivity index (χ1n) is 11.7. The number of alkyl halides is 3. The van der Waals surface area contributed by atoms with Gasteiger partial charge in [-0.05, 0) is 43.9 Å². The first-order valence-corrected chi connectivity index (χ1v) is 11.7. The van der Waals surface area contributed by atoms with Crippen LogP contribution in [0.2, 0.25) is 0 Å². The molecule has 1 saturated carbocycles. The van der Waals surface area contributed by atoms with Gasteiger partial charge in [-0.2, -0.15) is 13.2 Å². The fourth-order valence-electron chi connectivity index (χ4n) is 5.56. The van der Waals surface area contributed by atoms with Crippen LogP contribution >= 0.6 is 0 Å². The van der Waals surface area contributed by atoms with Crippen molar-refractivity contribution in [3.8, 4) is 17.3 Å². The molecule has 2 fully saturated rings. The molecule has 1 aliphatic heterocycles. The number of methoxy groups -OCH3 is 1. The van der Waals surface area contributed by atoms with Crippen LogP contribution < -0.4 is 9.64 Å². The van der Waals surface area contributed by atoms with Crippen molar-refractivity contribution in [2.75, 3.05) is 12.0 Å². The van der Waals surface area contributed by atoms with Gasteiger partial charge < -0.3 is 14.4 Å². The Morgan fingerprint density at radius 1 is 1.08 bits per heavy atom. The summed E-state index contributed by atoms with van der Waals surface area (Å²) in [5.41, 5.74) is 0.992. The van der Waals surface area contributed by atoms with Gasteiger partial charge in [-0.25, -0.2) is 15.0 Å². The van der Waals surface area contributed by atoms with Gasteiger partial charge in [0, 0.05) is 48.6 Å². The molecule has 2 bridgehead atoms. The van der Waals surface area contributed by atoms with Gasteiger partial charge in [0.25, 0.3) is 0 Å². The second kappa shape index (κ2) is 9.50. The van der Waals surface area contributed by atoms with E-state index in [-0.39, 0.29) is 36.1 Å². The maximum Gasteiger partial charge on any atom is 0.417 e. The summed E-state index contributed by atoms with van der Waals surface area (Å²) in [6.07, 6.45) is 1.46. The lowest BCUT2D eigenvalue weighted by Gasteiger charge is -2.43. The molecule has 3 heterocycles. The SMILES string of the molecule is COC(C)[C@@H]1[C@H]2C[C@@H](Oc3ccc(C(F)(F)F)cn3)[C@H](C2)N1c1cccc(-c2ncccn2)c1C=O. The summed E-state index contributed by atoms with van der Waals surface area (Å²) in [5.74, 6) is 0.795. The third kappa shape index (κ3) is 4.30. The number of hydrogen-bond acceptors (Lipinski definition) is 7. The third-order valence-electron chi connectivity index (χ3n) is 7.14. The highest BCUT2D eigenvalue weighted by atomic mass is 19.4. The van der Waals surface area contributed by atoms with Crippen LogP contribution in [0.4, 0.5) is 18.9 Å². The van der Waals surface area contributed by atoms with Crippen LogP contribution in [-0.2, 0) is 10.9 Å². The molecule has 1 aliphatic carbocycles. The molecule has 0 spiro atoms. The van der Waals surface area contributed by atoms with E-state index in [9.17, 15) is 18.0 Å². The summed E-state index contributed by atoms with van der Waals surface area (Å²) < 4.78 is 50.6. The number of ether oxygens (including phenoxy) is 2. The first kappa shape index (κ1) is 24.2. The van der Waals surface area contributed by atoms with E-state index in [1.165, 1.54) is 6.07 Å². The van der Waals surface area contributed by atoms with Gasteiger partial charge in [-0.3, -0.25) is 4.79 Å². The average molecular weight is 499 g/mol. The number of pyridine rings is 1. The third-order valence-corrected chi connectivity index (χ3v) is 7.14. The molecule has 1 unspecified atom stereocenters. The molecule has 3 aromatic rings. The van der Waals surface area contributed by atoms with E-state index in [2.05, 4.69) is 19.9 Å². The number of halogens is 3. The predicted octanol–water partition coefficient (Wildman–Crippen LogP) is 4.82. The molecule has 0 radical (unpaired) electrons. The zero-order chi connectivity index (χ0) is 25.4. The molecule has 5 rings (SSSR count). The molecular weight excluding hydrogens is 473 g/mol. The number of aldehydes is 1. The van der Waals surface area contributed by atoms with Gasteiger partial charge >= 0.3 is 6.18 Å². The Morgan fingerprint density at radius 2 is 1.86 bits per heavy atom. The zero-order valence-electron chi connectivity index (χ0n) is 19.7. The Hall–Kier alpha value is -3.53. The van der Waals surface area contributed by atoms with Gasteiger partial charge in [0.05, 0.1) is 23.8 Å². The first-order chi connectivity index (χ1) is 17.3. The Morgan fingerprint density at radius 3 is 2.50 bits per heavy atom. The van der Waals surface area contributed by atoms with Crippen LogP contribution in [0.3, 0.4) is 0 Å². The summed E-state index contributed by atoms with van der Waals surface area (Å²) in [5, 5.41) is 0. The summed E-state index contributed by atoms with van der Waals surface area (Å²) in [6.45, 7) is 2.00. The van der Waals surface area contributed by atoms with Crippen LogP contribution in [-0.4, -0.2) is 52.6 Å². The number of anilines is 1. The zero-order valence-corrected chi connectivity index (χ0v) is 19.7. The smallest absolute Gasteiger partial charge is 0.417 e. The van der Waals surface area contributed by atoms with Gasteiger partial charge in [0.1, 0.15) is 6.10 Å². The number of piperidine rings is 1. The van der Waals surface area contributed by atoms with Crippen LogP contribution in [0.1, 0.15) is 35.7 Å². The number of rotatable bonds is 7. The van der Waals surface area contributed by atoms with Gasteiger partial charge in [0.15, 0.2) is 12.1 Å². The number of nitrogens with zero attached hydrogens (tertiary/aromatic N) is 4. The van der Waals surface area contributed by atoms with Crippen molar-refractivity contribution in [2.24, 2.45) is 5.92 Å². The fourth-order valence-corrected chi connectivity index (χ4v) is 5.56. The molecule has 0 N–H and O–H groups in total. The monoisotopic (exact) mass is 498 g/mol. The van der Waals surface area contributed by atoms with Gasteiger partial charge in [0.2, 0.25) is 5.88 Å². The number of carbonyl (C=O) groups excluding carboxylic acids is 1. The minimum absolute atomic E-state index is 0.00828. The lowest BCUT2D eigenvalue weighted by atomic mass is 9.92. The number of fused-ring (bicyclic) bond motifs is 2. The summed E-state index contributed by atoms with van der Waals surface area (Å²) in [6, 6.07) is 9.36. The number of aromatic nitrogens is 3. The largest absolute Gasteiger partial charge is 0.472 e. The van der Waals surface area contributed by atoms with Crippen molar-refractivity contribution in [3.63, 3.8) is 0 Å². The summed E-state index contributed by atoms with van der Waals surface area (Å²) in [7, 11) is 1.66. The van der Waals surface area contributed by atoms with Crippen molar-refractivity contribution in [1.82, 2.24) is 15.0 Å².